The van der Waals surface area contributed by atoms with E-state index in [-0.39, 0.29) is 5.92 Å². The van der Waals surface area contributed by atoms with Crippen molar-refractivity contribution in [2.75, 3.05) is 5.32 Å². The van der Waals surface area contributed by atoms with Crippen LogP contribution in [0.25, 0.3) is 0 Å². The number of rotatable bonds is 4. The molecule has 1 unspecified atom stereocenters. The van der Waals surface area contributed by atoms with Crippen LogP contribution in [-0.2, 0) is 4.79 Å². The van der Waals surface area contributed by atoms with Gasteiger partial charge in [-0.1, -0.05) is 32.0 Å². The molecule has 1 atom stereocenters. The molecule has 0 aromatic heterocycles. The molecule has 2 aromatic rings. The number of nitrogens with zero attached hydrogens (tertiary/aromatic N) is 2. The van der Waals surface area contributed by atoms with Crippen LogP contribution in [0.15, 0.2) is 48.5 Å². The van der Waals surface area contributed by atoms with Gasteiger partial charge in [0.25, 0.3) is 11.8 Å². The fourth-order valence-electron chi connectivity index (χ4n) is 3.06. The molecule has 1 heterocycles. The Kier molecular flexibility index (Phi) is 4.55. The Morgan fingerprint density at radius 3 is 2.19 bits per heavy atom. The molecular formula is C20H17N3O3. The summed E-state index contributed by atoms with van der Waals surface area (Å²) in [6, 6.07) is 14.1. The van der Waals surface area contributed by atoms with Gasteiger partial charge >= 0.3 is 0 Å². The lowest BCUT2D eigenvalue weighted by molar-refractivity contribution is -0.121. The average Bonchev–Trinajstić information content (AvgIpc) is 2.87. The predicted molar refractivity (Wildman–Crippen MR) is 95.4 cm³/mol. The van der Waals surface area contributed by atoms with Crippen LogP contribution in [0, 0.1) is 17.2 Å². The number of carbonyl (C=O) groups excluding carboxylic acids is 3. The van der Waals surface area contributed by atoms with Crippen molar-refractivity contribution >= 4 is 23.4 Å². The molecule has 130 valence electrons. The third kappa shape index (κ3) is 2.95. The molecule has 0 saturated heterocycles. The molecule has 26 heavy (non-hydrogen) atoms. The number of imide groups is 1. The summed E-state index contributed by atoms with van der Waals surface area (Å²) in [5.74, 6) is -1.68. The van der Waals surface area contributed by atoms with Crippen LogP contribution in [0.1, 0.15) is 40.1 Å². The zero-order valence-corrected chi connectivity index (χ0v) is 14.4. The highest BCUT2D eigenvalue weighted by Crippen LogP contribution is 2.27. The van der Waals surface area contributed by atoms with Crippen molar-refractivity contribution in [3.63, 3.8) is 0 Å². The van der Waals surface area contributed by atoms with Crippen molar-refractivity contribution in [2.24, 2.45) is 5.92 Å². The molecule has 6 nitrogen and oxygen atoms in total. The number of nitriles is 1. The topological polar surface area (TPSA) is 90.3 Å². The zero-order chi connectivity index (χ0) is 18.8. The quantitative estimate of drug-likeness (QED) is 0.861. The summed E-state index contributed by atoms with van der Waals surface area (Å²) in [5.41, 5.74) is 1.46. The van der Waals surface area contributed by atoms with Crippen LogP contribution in [0.2, 0.25) is 0 Å². The Labute approximate surface area is 151 Å². The number of fused-ring (bicyclic) bond motifs is 1. The third-order valence-corrected chi connectivity index (χ3v) is 4.26. The van der Waals surface area contributed by atoms with Crippen LogP contribution in [0.5, 0.6) is 0 Å². The molecular weight excluding hydrogens is 330 g/mol. The first-order valence-electron chi connectivity index (χ1n) is 8.22. The second-order valence-electron chi connectivity index (χ2n) is 6.40. The maximum atomic E-state index is 12.8. The average molecular weight is 347 g/mol. The summed E-state index contributed by atoms with van der Waals surface area (Å²) in [7, 11) is 0. The van der Waals surface area contributed by atoms with E-state index in [1.807, 2.05) is 6.07 Å². The van der Waals surface area contributed by atoms with Crippen LogP contribution >= 0.6 is 0 Å². The summed E-state index contributed by atoms with van der Waals surface area (Å²) in [4.78, 5) is 39.3. The van der Waals surface area contributed by atoms with Gasteiger partial charge in [-0.05, 0) is 36.2 Å². The molecule has 3 rings (SSSR count). The van der Waals surface area contributed by atoms with Gasteiger partial charge in [0.05, 0.1) is 22.8 Å². The fourth-order valence-corrected chi connectivity index (χ4v) is 3.06. The van der Waals surface area contributed by atoms with Crippen molar-refractivity contribution in [1.29, 1.82) is 5.26 Å². The minimum atomic E-state index is -0.951. The molecule has 0 radical (unpaired) electrons. The molecule has 0 bridgehead atoms. The van der Waals surface area contributed by atoms with Crippen molar-refractivity contribution < 1.29 is 14.4 Å². The van der Waals surface area contributed by atoms with Gasteiger partial charge in [-0.2, -0.15) is 5.26 Å². The molecule has 1 aliphatic rings. The summed E-state index contributed by atoms with van der Waals surface area (Å²) in [5, 5.41) is 11.7. The molecule has 6 heteroatoms. The SMILES string of the molecule is CC(C)C(C(=O)Nc1cccc(C#N)c1)N1C(=O)c2ccccc2C1=O. The highest BCUT2D eigenvalue weighted by Gasteiger charge is 2.43. The first-order valence-corrected chi connectivity index (χ1v) is 8.22. The number of benzene rings is 2. The first kappa shape index (κ1) is 17.4. The van der Waals surface area contributed by atoms with E-state index in [4.69, 9.17) is 5.26 Å². The molecule has 1 aliphatic heterocycles. The second kappa shape index (κ2) is 6.81. The molecule has 0 aliphatic carbocycles. The predicted octanol–water partition coefficient (Wildman–Crippen LogP) is 2.82. The molecule has 3 amide bonds. The maximum absolute atomic E-state index is 12.8. The molecule has 1 N–H and O–H groups in total. The van der Waals surface area contributed by atoms with E-state index in [1.54, 1.807) is 56.3 Å². The lowest BCUT2D eigenvalue weighted by Crippen LogP contribution is -2.50. The van der Waals surface area contributed by atoms with Crippen molar-refractivity contribution in [2.45, 2.75) is 19.9 Å². The van der Waals surface area contributed by atoms with E-state index in [9.17, 15) is 14.4 Å². The van der Waals surface area contributed by atoms with Gasteiger partial charge in [0, 0.05) is 5.69 Å². The molecule has 2 aromatic carbocycles. The highest BCUT2D eigenvalue weighted by molar-refractivity contribution is 6.23. The molecule has 0 saturated carbocycles. The highest BCUT2D eigenvalue weighted by atomic mass is 16.2. The number of amides is 3. The number of hydrogen-bond donors (Lipinski definition) is 1. The van der Waals surface area contributed by atoms with E-state index >= 15 is 0 Å². The Bertz CT molecular complexity index is 908. The van der Waals surface area contributed by atoms with Crippen LogP contribution in [-0.4, -0.2) is 28.7 Å². The van der Waals surface area contributed by atoms with Crippen molar-refractivity contribution in [1.82, 2.24) is 4.90 Å². The lowest BCUT2D eigenvalue weighted by atomic mass is 10.0. The zero-order valence-electron chi connectivity index (χ0n) is 14.4. The standard InChI is InChI=1S/C20H17N3O3/c1-12(2)17(18(24)22-14-7-5-6-13(10-14)11-21)23-19(25)15-8-3-4-9-16(15)20(23)26/h3-10,12,17H,1-2H3,(H,22,24). The second-order valence-corrected chi connectivity index (χ2v) is 6.40. The van der Waals surface area contributed by atoms with Crippen LogP contribution < -0.4 is 5.32 Å². The van der Waals surface area contributed by atoms with Crippen molar-refractivity contribution in [3.8, 4) is 6.07 Å². The maximum Gasteiger partial charge on any atom is 0.262 e. The summed E-state index contributed by atoms with van der Waals surface area (Å²) in [6.45, 7) is 3.55. The number of anilines is 1. The largest absolute Gasteiger partial charge is 0.324 e. The summed E-state index contributed by atoms with van der Waals surface area (Å²) in [6.07, 6.45) is 0. The molecule has 0 fully saturated rings. The third-order valence-electron chi connectivity index (χ3n) is 4.26. The van der Waals surface area contributed by atoms with E-state index in [0.29, 0.717) is 22.4 Å². The van der Waals surface area contributed by atoms with Crippen LogP contribution in [0.3, 0.4) is 0 Å². The fraction of sp³-hybridized carbons (Fsp3) is 0.200. The van der Waals surface area contributed by atoms with Gasteiger partial charge in [0.15, 0.2) is 0 Å². The number of carbonyl (C=O) groups is 3. The smallest absolute Gasteiger partial charge is 0.262 e. The Morgan fingerprint density at radius 1 is 1.04 bits per heavy atom. The summed E-state index contributed by atoms with van der Waals surface area (Å²) < 4.78 is 0. The Morgan fingerprint density at radius 2 is 1.65 bits per heavy atom. The van der Waals surface area contributed by atoms with E-state index < -0.39 is 23.8 Å². The van der Waals surface area contributed by atoms with Gasteiger partial charge in [0.1, 0.15) is 6.04 Å². The number of nitrogens with one attached hydrogen (secondary N) is 1. The van der Waals surface area contributed by atoms with Gasteiger partial charge in [-0.15, -0.1) is 0 Å². The van der Waals surface area contributed by atoms with E-state index in [0.717, 1.165) is 4.90 Å². The van der Waals surface area contributed by atoms with E-state index in [1.165, 1.54) is 6.07 Å². The lowest BCUT2D eigenvalue weighted by Gasteiger charge is -2.28. The van der Waals surface area contributed by atoms with Gasteiger partial charge < -0.3 is 5.32 Å². The van der Waals surface area contributed by atoms with Crippen molar-refractivity contribution in [3.05, 3.63) is 65.2 Å². The van der Waals surface area contributed by atoms with Gasteiger partial charge in [-0.3, -0.25) is 19.3 Å². The minimum Gasteiger partial charge on any atom is -0.324 e. The van der Waals surface area contributed by atoms with Crippen LogP contribution in [0.4, 0.5) is 5.69 Å². The monoisotopic (exact) mass is 347 g/mol. The van der Waals surface area contributed by atoms with E-state index in [2.05, 4.69) is 5.32 Å². The Hall–Kier alpha value is -3.46. The first-order chi connectivity index (χ1) is 12.4. The molecule has 0 spiro atoms. The number of hydrogen-bond acceptors (Lipinski definition) is 4. The summed E-state index contributed by atoms with van der Waals surface area (Å²) >= 11 is 0. The Balaban J connectivity index is 1.90. The van der Waals surface area contributed by atoms with Gasteiger partial charge in [0.2, 0.25) is 5.91 Å². The minimum absolute atomic E-state index is 0.281. The normalized spacial score (nSPS) is 14.2. The van der Waals surface area contributed by atoms with Gasteiger partial charge in [-0.25, -0.2) is 0 Å².